The molecular formula is C29H28FN3O2. The topological polar surface area (TPSA) is 88.1 Å². The van der Waals surface area contributed by atoms with E-state index in [1.54, 1.807) is 36.4 Å². The van der Waals surface area contributed by atoms with Gasteiger partial charge in [-0.1, -0.05) is 43.7 Å². The lowest BCUT2D eigenvalue weighted by molar-refractivity contribution is -0.113. The molecule has 35 heavy (non-hydrogen) atoms. The van der Waals surface area contributed by atoms with Crippen molar-refractivity contribution >= 4 is 11.6 Å². The molecule has 0 unspecified atom stereocenters. The van der Waals surface area contributed by atoms with Gasteiger partial charge in [-0.05, 0) is 65.4 Å². The minimum atomic E-state index is -0.446. The fraction of sp³-hybridized carbons (Fsp3) is 0.241. The van der Waals surface area contributed by atoms with Crippen molar-refractivity contribution in [3.8, 4) is 22.9 Å². The smallest absolute Gasteiger partial charge is 0.253 e. The predicted octanol–water partition coefficient (Wildman–Crippen LogP) is 5.88. The van der Waals surface area contributed by atoms with Crippen LogP contribution in [0.25, 0.3) is 11.1 Å². The van der Waals surface area contributed by atoms with Gasteiger partial charge in [0.25, 0.3) is 5.91 Å². The van der Waals surface area contributed by atoms with Gasteiger partial charge in [-0.3, -0.25) is 4.79 Å². The molecule has 0 saturated heterocycles. The van der Waals surface area contributed by atoms with Gasteiger partial charge in [0.05, 0.1) is 18.2 Å². The molecular weight excluding hydrogens is 441 g/mol. The molecule has 1 aliphatic rings. The highest BCUT2D eigenvalue weighted by molar-refractivity contribution is 6.04. The number of nitrogens with one attached hydrogen (secondary N) is 1. The highest BCUT2D eigenvalue weighted by atomic mass is 19.1. The first-order chi connectivity index (χ1) is 17.0. The summed E-state index contributed by atoms with van der Waals surface area (Å²) in [6, 6.07) is 19.6. The summed E-state index contributed by atoms with van der Waals surface area (Å²) >= 11 is 0. The van der Waals surface area contributed by atoms with Gasteiger partial charge in [-0.25, -0.2) is 4.39 Å². The van der Waals surface area contributed by atoms with E-state index in [-0.39, 0.29) is 12.3 Å². The Kier molecular flexibility index (Phi) is 7.47. The lowest BCUT2D eigenvalue weighted by Gasteiger charge is -2.15. The molecule has 0 aliphatic carbocycles. The van der Waals surface area contributed by atoms with E-state index in [4.69, 9.17) is 10.5 Å². The van der Waals surface area contributed by atoms with Crippen LogP contribution in [-0.2, 0) is 17.6 Å². The molecule has 3 aromatic carbocycles. The third-order valence-electron chi connectivity index (χ3n) is 6.19. The Labute approximate surface area is 205 Å². The number of nitrogens with zero attached hydrogens (tertiary/aromatic N) is 1. The maximum absolute atomic E-state index is 15.2. The van der Waals surface area contributed by atoms with Crippen LogP contribution in [0, 0.1) is 17.1 Å². The zero-order chi connectivity index (χ0) is 24.8. The molecule has 3 aromatic rings. The fourth-order valence-electron chi connectivity index (χ4n) is 4.21. The molecule has 3 N–H and O–H groups in total. The third-order valence-corrected chi connectivity index (χ3v) is 6.19. The molecule has 4 rings (SSSR count). The second-order valence-corrected chi connectivity index (χ2v) is 8.62. The van der Waals surface area contributed by atoms with E-state index in [9.17, 15) is 10.1 Å². The van der Waals surface area contributed by atoms with Crippen molar-refractivity contribution in [1.82, 2.24) is 0 Å². The van der Waals surface area contributed by atoms with E-state index >= 15 is 4.39 Å². The van der Waals surface area contributed by atoms with Gasteiger partial charge in [0.1, 0.15) is 11.6 Å². The first-order valence-corrected chi connectivity index (χ1v) is 11.8. The summed E-state index contributed by atoms with van der Waals surface area (Å²) in [6.45, 7) is 2.69. The zero-order valence-corrected chi connectivity index (χ0v) is 19.7. The number of hydrogen-bond acceptors (Lipinski definition) is 4. The van der Waals surface area contributed by atoms with Crippen LogP contribution in [0.4, 0.5) is 10.1 Å². The number of benzene rings is 3. The largest absolute Gasteiger partial charge is 0.493 e. The second-order valence-electron chi connectivity index (χ2n) is 8.62. The van der Waals surface area contributed by atoms with E-state index in [1.807, 2.05) is 18.2 Å². The number of carbonyl (C=O) groups excluding carboxylic acids is 1. The van der Waals surface area contributed by atoms with Crippen LogP contribution in [-0.4, -0.2) is 12.5 Å². The quantitative estimate of drug-likeness (QED) is 0.403. The first-order valence-electron chi connectivity index (χ1n) is 11.8. The number of allylic oxidation sites excluding steroid dienone is 1. The Hall–Kier alpha value is -4.11. The Bertz CT molecular complexity index is 1320. The fourth-order valence-corrected chi connectivity index (χ4v) is 4.21. The number of amides is 1. The monoisotopic (exact) mass is 469 g/mol. The van der Waals surface area contributed by atoms with Crippen molar-refractivity contribution in [2.75, 3.05) is 11.9 Å². The molecule has 178 valence electrons. The van der Waals surface area contributed by atoms with Gasteiger partial charge >= 0.3 is 0 Å². The molecule has 0 saturated carbocycles. The average Bonchev–Trinajstić information content (AvgIpc) is 3.34. The molecule has 0 aromatic heterocycles. The Morgan fingerprint density at radius 3 is 2.77 bits per heavy atom. The lowest BCUT2D eigenvalue weighted by Crippen LogP contribution is -2.21. The van der Waals surface area contributed by atoms with Gasteiger partial charge in [0.15, 0.2) is 0 Å². The molecule has 6 heteroatoms. The van der Waals surface area contributed by atoms with Crippen LogP contribution < -0.4 is 15.8 Å². The molecule has 0 bridgehead atoms. The van der Waals surface area contributed by atoms with Crippen LogP contribution >= 0.6 is 0 Å². The maximum Gasteiger partial charge on any atom is 0.253 e. The number of fused-ring (bicyclic) bond motifs is 1. The number of rotatable bonds is 8. The highest BCUT2D eigenvalue weighted by Gasteiger charge is 2.19. The second kappa shape index (κ2) is 10.9. The molecule has 0 radical (unpaired) electrons. The summed E-state index contributed by atoms with van der Waals surface area (Å²) in [5, 5.41) is 12.3. The van der Waals surface area contributed by atoms with Crippen molar-refractivity contribution in [2.45, 2.75) is 39.0 Å². The summed E-state index contributed by atoms with van der Waals surface area (Å²) in [5.41, 5.74) is 11.0. The predicted molar refractivity (Wildman–Crippen MR) is 135 cm³/mol. The SMILES string of the molecule is CCCC/C(N)=C(\Cc1ccc(-c2ccccc2C#N)cc1F)C(=O)Nc1ccc2c(c1)CCO2. The normalized spacial score (nSPS) is 12.8. The highest BCUT2D eigenvalue weighted by Crippen LogP contribution is 2.29. The number of nitrogens with two attached hydrogens (primary N) is 1. The molecule has 1 aliphatic heterocycles. The van der Waals surface area contributed by atoms with Crippen molar-refractivity contribution < 1.29 is 13.9 Å². The Balaban J connectivity index is 1.60. The number of unbranched alkanes of at least 4 members (excludes halogenated alkanes) is 1. The number of hydrogen-bond donors (Lipinski definition) is 2. The number of nitriles is 1. The number of anilines is 1. The van der Waals surface area contributed by atoms with Gasteiger partial charge in [0.2, 0.25) is 0 Å². The summed E-state index contributed by atoms with van der Waals surface area (Å²) in [6.07, 6.45) is 3.20. The molecule has 0 fully saturated rings. The lowest BCUT2D eigenvalue weighted by atomic mass is 9.95. The molecule has 0 spiro atoms. The average molecular weight is 470 g/mol. The van der Waals surface area contributed by atoms with Crippen molar-refractivity contribution in [2.24, 2.45) is 5.73 Å². The van der Waals surface area contributed by atoms with Crippen LogP contribution in [0.1, 0.15) is 42.9 Å². The van der Waals surface area contributed by atoms with Gasteiger partial charge in [0, 0.05) is 29.8 Å². The minimum Gasteiger partial charge on any atom is -0.493 e. The van der Waals surface area contributed by atoms with Gasteiger partial charge < -0.3 is 15.8 Å². The van der Waals surface area contributed by atoms with Crippen molar-refractivity contribution in [3.05, 3.63) is 94.4 Å². The number of halogens is 1. The summed E-state index contributed by atoms with van der Waals surface area (Å²) < 4.78 is 20.7. The van der Waals surface area contributed by atoms with Gasteiger partial charge in [-0.2, -0.15) is 5.26 Å². The summed E-state index contributed by atoms with van der Waals surface area (Å²) in [5.74, 6) is 0.0515. The van der Waals surface area contributed by atoms with Crippen LogP contribution in [0.15, 0.2) is 71.9 Å². The first kappa shape index (κ1) is 24.0. The summed E-state index contributed by atoms with van der Waals surface area (Å²) in [7, 11) is 0. The van der Waals surface area contributed by atoms with E-state index in [2.05, 4.69) is 18.3 Å². The summed E-state index contributed by atoms with van der Waals surface area (Å²) in [4.78, 5) is 13.3. The maximum atomic E-state index is 15.2. The number of carbonyl (C=O) groups is 1. The molecule has 5 nitrogen and oxygen atoms in total. The van der Waals surface area contributed by atoms with E-state index in [1.165, 1.54) is 6.07 Å². The molecule has 1 amide bonds. The van der Waals surface area contributed by atoms with E-state index < -0.39 is 5.82 Å². The standard InChI is InChI=1S/C29H28FN3O2/c1-2-3-8-27(32)25(29(34)33-23-11-12-28-21(15-23)13-14-35-28)16-20-10-9-19(17-26(20)30)24-7-5-4-6-22(24)18-31/h4-7,9-12,15,17H,2-3,8,13-14,16,32H2,1H3,(H,33,34)/b27-25-. The molecule has 0 atom stereocenters. The number of ether oxygens (including phenoxy) is 1. The molecule has 1 heterocycles. The van der Waals surface area contributed by atoms with E-state index in [0.717, 1.165) is 30.6 Å². The third kappa shape index (κ3) is 5.52. The van der Waals surface area contributed by atoms with Crippen LogP contribution in [0.2, 0.25) is 0 Å². The Morgan fingerprint density at radius 1 is 1.17 bits per heavy atom. The van der Waals surface area contributed by atoms with Crippen molar-refractivity contribution in [3.63, 3.8) is 0 Å². The van der Waals surface area contributed by atoms with Crippen LogP contribution in [0.5, 0.6) is 5.75 Å². The Morgan fingerprint density at radius 2 is 2.00 bits per heavy atom. The van der Waals surface area contributed by atoms with E-state index in [0.29, 0.717) is 52.2 Å². The van der Waals surface area contributed by atoms with Crippen LogP contribution in [0.3, 0.4) is 0 Å². The zero-order valence-electron chi connectivity index (χ0n) is 19.7. The van der Waals surface area contributed by atoms with Gasteiger partial charge in [-0.15, -0.1) is 0 Å². The van der Waals surface area contributed by atoms with Crippen molar-refractivity contribution in [1.29, 1.82) is 5.26 Å². The minimum absolute atomic E-state index is 0.0709.